The molecule has 0 saturated heterocycles. The lowest BCUT2D eigenvalue weighted by molar-refractivity contribution is -0.384. The minimum absolute atomic E-state index is 0.251. The Kier molecular flexibility index (Phi) is 4.55. The van der Waals surface area contributed by atoms with Crippen LogP contribution in [0.5, 0.6) is 0 Å². The van der Waals surface area contributed by atoms with Gasteiger partial charge in [0.2, 0.25) is 0 Å². The fourth-order valence-corrected chi connectivity index (χ4v) is 1.34. The summed E-state index contributed by atoms with van der Waals surface area (Å²) in [6.07, 6.45) is 0.545. The van der Waals surface area contributed by atoms with Crippen LogP contribution in [0.4, 0.5) is 15.8 Å². The summed E-state index contributed by atoms with van der Waals surface area (Å²) in [6.45, 7) is 0.679. The summed E-state index contributed by atoms with van der Waals surface area (Å²) in [5.41, 5.74) is 9.48. The van der Waals surface area contributed by atoms with Crippen LogP contribution >= 0.6 is 0 Å². The smallest absolute Gasteiger partial charge is 0.295 e. The highest BCUT2D eigenvalue weighted by Crippen LogP contribution is 2.26. The van der Waals surface area contributed by atoms with E-state index in [0.717, 1.165) is 6.07 Å². The SMILES string of the molecule is NCCCNC(=O)c1cc(F)cc([N+](=O)[O-])c1N. The Morgan fingerprint density at radius 1 is 1.50 bits per heavy atom. The van der Waals surface area contributed by atoms with Gasteiger partial charge in [0.1, 0.15) is 11.5 Å². The molecule has 8 heteroatoms. The molecule has 0 aliphatic carbocycles. The highest BCUT2D eigenvalue weighted by atomic mass is 19.1. The van der Waals surface area contributed by atoms with Crippen molar-refractivity contribution in [2.45, 2.75) is 6.42 Å². The maximum absolute atomic E-state index is 13.2. The number of hydrogen-bond acceptors (Lipinski definition) is 5. The van der Waals surface area contributed by atoms with Crippen LogP contribution in [0.15, 0.2) is 12.1 Å². The zero-order chi connectivity index (χ0) is 13.7. The molecule has 1 rings (SSSR count). The molecule has 0 aliphatic heterocycles. The van der Waals surface area contributed by atoms with Gasteiger partial charge >= 0.3 is 0 Å². The molecule has 0 saturated carbocycles. The Labute approximate surface area is 102 Å². The van der Waals surface area contributed by atoms with Gasteiger partial charge in [-0.2, -0.15) is 0 Å². The minimum Gasteiger partial charge on any atom is -0.393 e. The number of halogens is 1. The molecule has 98 valence electrons. The van der Waals surface area contributed by atoms with E-state index in [0.29, 0.717) is 25.6 Å². The molecular formula is C10H13FN4O3. The number of carbonyl (C=O) groups excluding carboxylic acids is 1. The second kappa shape index (κ2) is 5.92. The number of rotatable bonds is 5. The van der Waals surface area contributed by atoms with Crippen LogP contribution in [0.2, 0.25) is 0 Å². The highest BCUT2D eigenvalue weighted by Gasteiger charge is 2.21. The summed E-state index contributed by atoms with van der Waals surface area (Å²) in [5.74, 6) is -1.55. The Morgan fingerprint density at radius 2 is 2.17 bits per heavy atom. The Bertz CT molecular complexity index is 478. The summed E-state index contributed by atoms with van der Waals surface area (Å²) in [6, 6.07) is 1.53. The van der Waals surface area contributed by atoms with E-state index in [1.54, 1.807) is 0 Å². The monoisotopic (exact) mass is 256 g/mol. The molecule has 18 heavy (non-hydrogen) atoms. The van der Waals surface area contributed by atoms with Crippen molar-refractivity contribution >= 4 is 17.3 Å². The fourth-order valence-electron chi connectivity index (χ4n) is 1.34. The molecule has 0 spiro atoms. The molecule has 1 aromatic rings. The number of nitro benzene ring substituents is 1. The number of hydrogen-bond donors (Lipinski definition) is 3. The van der Waals surface area contributed by atoms with Crippen molar-refractivity contribution in [2.24, 2.45) is 5.73 Å². The number of carbonyl (C=O) groups is 1. The van der Waals surface area contributed by atoms with E-state index in [1.807, 2.05) is 0 Å². The van der Waals surface area contributed by atoms with Crippen LogP contribution in [0, 0.1) is 15.9 Å². The molecule has 0 radical (unpaired) electrons. The second-order valence-corrected chi connectivity index (χ2v) is 3.54. The number of nitrogen functional groups attached to an aromatic ring is 1. The predicted molar refractivity (Wildman–Crippen MR) is 63.5 cm³/mol. The predicted octanol–water partition coefficient (Wildman–Crippen LogP) is 0.395. The average Bonchev–Trinajstić information content (AvgIpc) is 2.31. The number of benzene rings is 1. The first-order valence-corrected chi connectivity index (χ1v) is 5.19. The molecule has 1 aromatic carbocycles. The molecule has 7 nitrogen and oxygen atoms in total. The van der Waals surface area contributed by atoms with Crippen molar-refractivity contribution in [3.05, 3.63) is 33.6 Å². The lowest BCUT2D eigenvalue weighted by Crippen LogP contribution is -2.27. The van der Waals surface area contributed by atoms with Gasteiger partial charge in [0.05, 0.1) is 16.6 Å². The molecule has 0 aromatic heterocycles. The summed E-state index contributed by atoms with van der Waals surface area (Å²) < 4.78 is 13.2. The fraction of sp³-hybridized carbons (Fsp3) is 0.300. The number of amides is 1. The minimum atomic E-state index is -0.889. The molecule has 0 aliphatic rings. The number of nitrogens with two attached hydrogens (primary N) is 2. The largest absolute Gasteiger partial charge is 0.393 e. The third-order valence-corrected chi connectivity index (χ3v) is 2.23. The van der Waals surface area contributed by atoms with Crippen LogP contribution in [0.25, 0.3) is 0 Å². The van der Waals surface area contributed by atoms with Gasteiger partial charge in [-0.05, 0) is 19.0 Å². The van der Waals surface area contributed by atoms with E-state index in [4.69, 9.17) is 11.5 Å². The molecule has 0 bridgehead atoms. The molecule has 5 N–H and O–H groups in total. The third kappa shape index (κ3) is 3.14. The standard InChI is InChI=1S/C10H13FN4O3/c11-6-4-7(10(16)14-3-1-2-12)9(13)8(5-6)15(17)18/h4-5H,1-3,12-13H2,(H,14,16). The van der Waals surface area contributed by atoms with E-state index >= 15 is 0 Å². The van der Waals surface area contributed by atoms with E-state index in [9.17, 15) is 19.3 Å². The maximum atomic E-state index is 13.2. The van der Waals surface area contributed by atoms with Gasteiger partial charge in [-0.25, -0.2) is 4.39 Å². The van der Waals surface area contributed by atoms with Crippen LogP contribution in [-0.2, 0) is 0 Å². The molecule has 0 fully saturated rings. The van der Waals surface area contributed by atoms with Crippen molar-refractivity contribution in [2.75, 3.05) is 18.8 Å². The second-order valence-electron chi connectivity index (χ2n) is 3.54. The highest BCUT2D eigenvalue weighted by molar-refractivity contribution is 6.01. The van der Waals surface area contributed by atoms with Gasteiger partial charge in [0.25, 0.3) is 11.6 Å². The Morgan fingerprint density at radius 3 is 2.72 bits per heavy atom. The zero-order valence-corrected chi connectivity index (χ0v) is 9.48. The van der Waals surface area contributed by atoms with Crippen LogP contribution in [0.3, 0.4) is 0 Å². The van der Waals surface area contributed by atoms with Crippen LogP contribution in [-0.4, -0.2) is 23.9 Å². The normalized spacial score (nSPS) is 10.1. The Hall–Kier alpha value is -2.22. The van der Waals surface area contributed by atoms with Crippen molar-refractivity contribution in [1.82, 2.24) is 5.32 Å². The molecule has 1 amide bonds. The van der Waals surface area contributed by atoms with Crippen molar-refractivity contribution < 1.29 is 14.1 Å². The zero-order valence-electron chi connectivity index (χ0n) is 9.48. The van der Waals surface area contributed by atoms with Crippen molar-refractivity contribution in [1.29, 1.82) is 0 Å². The summed E-state index contributed by atoms with van der Waals surface area (Å²) in [5, 5.41) is 13.1. The van der Waals surface area contributed by atoms with Gasteiger partial charge in [-0.15, -0.1) is 0 Å². The summed E-state index contributed by atoms with van der Waals surface area (Å²) in [7, 11) is 0. The van der Waals surface area contributed by atoms with Gasteiger partial charge in [-0.1, -0.05) is 0 Å². The lowest BCUT2D eigenvalue weighted by Gasteiger charge is -2.07. The van der Waals surface area contributed by atoms with Crippen molar-refractivity contribution in [3.8, 4) is 0 Å². The van der Waals surface area contributed by atoms with Crippen LogP contribution in [0.1, 0.15) is 16.8 Å². The number of nitrogens with zero attached hydrogens (tertiary/aromatic N) is 1. The first-order chi connectivity index (χ1) is 8.47. The topological polar surface area (TPSA) is 124 Å². The molecule has 0 unspecified atom stereocenters. The summed E-state index contributed by atoms with van der Waals surface area (Å²) >= 11 is 0. The van der Waals surface area contributed by atoms with E-state index in [2.05, 4.69) is 5.32 Å². The number of nitrogens with one attached hydrogen (secondary N) is 1. The lowest BCUT2D eigenvalue weighted by atomic mass is 10.1. The van der Waals surface area contributed by atoms with E-state index < -0.39 is 22.3 Å². The first kappa shape index (κ1) is 13.8. The third-order valence-electron chi connectivity index (χ3n) is 2.23. The molecular weight excluding hydrogens is 243 g/mol. The van der Waals surface area contributed by atoms with Gasteiger partial charge in [0, 0.05) is 6.54 Å². The van der Waals surface area contributed by atoms with E-state index in [-0.39, 0.29) is 11.3 Å². The summed E-state index contributed by atoms with van der Waals surface area (Å²) in [4.78, 5) is 21.4. The van der Waals surface area contributed by atoms with Crippen molar-refractivity contribution in [3.63, 3.8) is 0 Å². The van der Waals surface area contributed by atoms with Crippen LogP contribution < -0.4 is 16.8 Å². The first-order valence-electron chi connectivity index (χ1n) is 5.19. The average molecular weight is 256 g/mol. The number of nitro groups is 1. The molecule has 0 atom stereocenters. The quantitative estimate of drug-likeness (QED) is 0.304. The molecule has 0 heterocycles. The maximum Gasteiger partial charge on any atom is 0.295 e. The van der Waals surface area contributed by atoms with Gasteiger partial charge in [-0.3, -0.25) is 14.9 Å². The van der Waals surface area contributed by atoms with E-state index in [1.165, 1.54) is 0 Å². The Balaban J connectivity index is 3.01. The van der Waals surface area contributed by atoms with Gasteiger partial charge in [0.15, 0.2) is 0 Å². The van der Waals surface area contributed by atoms with Gasteiger partial charge < -0.3 is 16.8 Å². The number of anilines is 1.